The highest BCUT2D eigenvalue weighted by atomic mass is 32.1. The topological polar surface area (TPSA) is 78.4 Å². The fraction of sp³-hybridized carbons (Fsp3) is 0.571. The molecule has 110 valence electrons. The predicted octanol–water partition coefficient (Wildman–Crippen LogP) is 2.44. The zero-order valence-corrected chi connectivity index (χ0v) is 12.1. The average Bonchev–Trinajstić information content (AvgIpc) is 2.96. The van der Waals surface area contributed by atoms with Crippen molar-refractivity contribution in [1.29, 1.82) is 0 Å². The van der Waals surface area contributed by atoms with Gasteiger partial charge in [-0.05, 0) is 30.2 Å². The Morgan fingerprint density at radius 2 is 2.10 bits per heavy atom. The summed E-state index contributed by atoms with van der Waals surface area (Å²) in [6.45, 7) is 0.948. The molecular weight excluding hydrogens is 276 g/mol. The molecule has 2 amide bonds. The number of aliphatic carboxylic acids is 1. The summed E-state index contributed by atoms with van der Waals surface area (Å²) in [5.41, 5.74) is 0. The third kappa shape index (κ3) is 4.23. The summed E-state index contributed by atoms with van der Waals surface area (Å²) in [5.74, 6) is -1.01. The van der Waals surface area contributed by atoms with E-state index in [0.717, 1.165) is 30.6 Å². The van der Waals surface area contributed by atoms with E-state index in [1.54, 1.807) is 11.3 Å². The summed E-state index contributed by atoms with van der Waals surface area (Å²) in [6.07, 6.45) is 3.62. The van der Waals surface area contributed by atoms with E-state index >= 15 is 0 Å². The minimum absolute atomic E-state index is 0.0498. The lowest BCUT2D eigenvalue weighted by atomic mass is 9.79. The summed E-state index contributed by atoms with van der Waals surface area (Å²) < 4.78 is 0. The largest absolute Gasteiger partial charge is 0.481 e. The zero-order valence-electron chi connectivity index (χ0n) is 11.3. The zero-order chi connectivity index (χ0) is 14.4. The van der Waals surface area contributed by atoms with E-state index in [2.05, 4.69) is 10.6 Å². The Labute approximate surface area is 122 Å². The molecule has 0 radical (unpaired) electrons. The van der Waals surface area contributed by atoms with Crippen LogP contribution >= 0.6 is 11.3 Å². The summed E-state index contributed by atoms with van der Waals surface area (Å²) >= 11 is 1.60. The SMILES string of the molecule is O=C(NCc1cccs1)NCC1CCCCC1C(=O)O. The second-order valence-electron chi connectivity index (χ2n) is 5.13. The van der Waals surface area contributed by atoms with Gasteiger partial charge in [-0.25, -0.2) is 4.79 Å². The van der Waals surface area contributed by atoms with Crippen molar-refractivity contribution in [2.45, 2.75) is 32.2 Å². The molecule has 1 aromatic heterocycles. The first-order valence-corrected chi connectivity index (χ1v) is 7.81. The second kappa shape index (κ2) is 7.28. The summed E-state index contributed by atoms with van der Waals surface area (Å²) in [6, 6.07) is 3.68. The quantitative estimate of drug-likeness (QED) is 0.781. The molecule has 0 bridgehead atoms. The van der Waals surface area contributed by atoms with Gasteiger partial charge in [0.2, 0.25) is 0 Å². The monoisotopic (exact) mass is 296 g/mol. The fourth-order valence-electron chi connectivity index (χ4n) is 2.64. The van der Waals surface area contributed by atoms with Crippen LogP contribution in [-0.4, -0.2) is 23.7 Å². The molecule has 20 heavy (non-hydrogen) atoms. The molecule has 5 nitrogen and oxygen atoms in total. The summed E-state index contributed by atoms with van der Waals surface area (Å²) in [7, 11) is 0. The third-order valence-electron chi connectivity index (χ3n) is 3.75. The van der Waals surface area contributed by atoms with Crippen molar-refractivity contribution in [3.63, 3.8) is 0 Å². The van der Waals surface area contributed by atoms with Gasteiger partial charge in [-0.15, -0.1) is 11.3 Å². The van der Waals surface area contributed by atoms with Crippen molar-refractivity contribution < 1.29 is 14.7 Å². The molecule has 1 aliphatic carbocycles. The van der Waals surface area contributed by atoms with Crippen LogP contribution in [-0.2, 0) is 11.3 Å². The number of rotatable bonds is 5. The number of urea groups is 1. The van der Waals surface area contributed by atoms with Crippen molar-refractivity contribution in [3.05, 3.63) is 22.4 Å². The van der Waals surface area contributed by atoms with Crippen molar-refractivity contribution >= 4 is 23.3 Å². The first-order valence-electron chi connectivity index (χ1n) is 6.93. The number of carboxylic acid groups (broad SMARTS) is 1. The number of hydrogen-bond donors (Lipinski definition) is 3. The van der Waals surface area contributed by atoms with Crippen molar-refractivity contribution in [3.8, 4) is 0 Å². The van der Waals surface area contributed by atoms with Gasteiger partial charge in [-0.1, -0.05) is 18.9 Å². The number of thiophene rings is 1. The lowest BCUT2D eigenvalue weighted by Crippen LogP contribution is -2.41. The Kier molecular flexibility index (Phi) is 5.40. The van der Waals surface area contributed by atoms with E-state index in [4.69, 9.17) is 0 Å². The number of carbonyl (C=O) groups is 2. The predicted molar refractivity (Wildman–Crippen MR) is 77.6 cm³/mol. The van der Waals surface area contributed by atoms with Crippen LogP contribution in [0.1, 0.15) is 30.6 Å². The number of hydrogen-bond acceptors (Lipinski definition) is 3. The van der Waals surface area contributed by atoms with Crippen molar-refractivity contribution in [2.75, 3.05) is 6.54 Å². The standard InChI is InChI=1S/C14H20N2O3S/c17-13(18)12-6-2-1-4-10(12)8-15-14(19)16-9-11-5-3-7-20-11/h3,5,7,10,12H,1-2,4,6,8-9H2,(H,17,18)(H2,15,16,19). The molecule has 0 aromatic carbocycles. The Bertz CT molecular complexity index is 447. The van der Waals surface area contributed by atoms with E-state index < -0.39 is 5.97 Å². The van der Waals surface area contributed by atoms with E-state index in [0.29, 0.717) is 13.1 Å². The van der Waals surface area contributed by atoms with Gasteiger partial charge in [0.1, 0.15) is 0 Å². The summed E-state index contributed by atoms with van der Waals surface area (Å²) in [5, 5.41) is 16.7. The minimum atomic E-state index is -0.740. The lowest BCUT2D eigenvalue weighted by Gasteiger charge is -2.28. The van der Waals surface area contributed by atoms with Gasteiger partial charge in [0.05, 0.1) is 12.5 Å². The number of carbonyl (C=O) groups excluding carboxylic acids is 1. The smallest absolute Gasteiger partial charge is 0.315 e. The van der Waals surface area contributed by atoms with E-state index in [9.17, 15) is 14.7 Å². The fourth-order valence-corrected chi connectivity index (χ4v) is 3.29. The maximum atomic E-state index is 11.7. The lowest BCUT2D eigenvalue weighted by molar-refractivity contribution is -0.144. The van der Waals surface area contributed by atoms with Gasteiger partial charge < -0.3 is 15.7 Å². The number of carboxylic acids is 1. The Hall–Kier alpha value is -1.56. The van der Waals surface area contributed by atoms with Crippen LogP contribution in [0.15, 0.2) is 17.5 Å². The second-order valence-corrected chi connectivity index (χ2v) is 6.16. The molecule has 2 rings (SSSR count). The molecule has 0 saturated heterocycles. The van der Waals surface area contributed by atoms with Gasteiger partial charge in [-0.3, -0.25) is 4.79 Å². The minimum Gasteiger partial charge on any atom is -0.481 e. The van der Waals surface area contributed by atoms with Crippen LogP contribution in [0.2, 0.25) is 0 Å². The van der Waals surface area contributed by atoms with Gasteiger partial charge in [0.25, 0.3) is 0 Å². The van der Waals surface area contributed by atoms with Crippen LogP contribution < -0.4 is 10.6 Å². The molecule has 1 aliphatic rings. The Morgan fingerprint density at radius 3 is 2.80 bits per heavy atom. The molecule has 3 N–H and O–H groups in total. The van der Waals surface area contributed by atoms with Gasteiger partial charge in [0, 0.05) is 11.4 Å². The first-order chi connectivity index (χ1) is 9.66. The summed E-state index contributed by atoms with van der Waals surface area (Å²) in [4.78, 5) is 24.0. The van der Waals surface area contributed by atoms with Crippen molar-refractivity contribution in [2.24, 2.45) is 11.8 Å². The van der Waals surface area contributed by atoms with Crippen LogP contribution in [0.4, 0.5) is 4.79 Å². The van der Waals surface area contributed by atoms with E-state index in [-0.39, 0.29) is 17.9 Å². The highest BCUT2D eigenvalue weighted by Gasteiger charge is 2.30. The average molecular weight is 296 g/mol. The first kappa shape index (κ1) is 14.8. The highest BCUT2D eigenvalue weighted by molar-refractivity contribution is 7.09. The highest BCUT2D eigenvalue weighted by Crippen LogP contribution is 2.29. The van der Waals surface area contributed by atoms with Gasteiger partial charge in [0.15, 0.2) is 0 Å². The molecule has 2 unspecified atom stereocenters. The van der Waals surface area contributed by atoms with Gasteiger partial charge >= 0.3 is 12.0 Å². The molecule has 1 heterocycles. The Morgan fingerprint density at radius 1 is 1.30 bits per heavy atom. The number of nitrogens with one attached hydrogen (secondary N) is 2. The van der Waals surface area contributed by atoms with E-state index in [1.807, 2.05) is 17.5 Å². The molecule has 6 heteroatoms. The third-order valence-corrected chi connectivity index (χ3v) is 4.63. The molecule has 1 saturated carbocycles. The molecular formula is C14H20N2O3S. The molecule has 1 fully saturated rings. The normalized spacial score (nSPS) is 22.2. The van der Waals surface area contributed by atoms with E-state index in [1.165, 1.54) is 0 Å². The van der Waals surface area contributed by atoms with Gasteiger partial charge in [-0.2, -0.15) is 0 Å². The maximum Gasteiger partial charge on any atom is 0.315 e. The number of amides is 2. The molecule has 2 atom stereocenters. The Balaban J connectivity index is 1.72. The van der Waals surface area contributed by atoms with Crippen LogP contribution in [0.3, 0.4) is 0 Å². The van der Waals surface area contributed by atoms with Crippen LogP contribution in [0.25, 0.3) is 0 Å². The molecule has 0 aliphatic heterocycles. The molecule has 0 spiro atoms. The van der Waals surface area contributed by atoms with Crippen LogP contribution in [0, 0.1) is 11.8 Å². The van der Waals surface area contributed by atoms with Crippen molar-refractivity contribution in [1.82, 2.24) is 10.6 Å². The molecule has 1 aromatic rings. The maximum absolute atomic E-state index is 11.7. The van der Waals surface area contributed by atoms with Crippen LogP contribution in [0.5, 0.6) is 0 Å².